The Morgan fingerprint density at radius 2 is 0.755 bits per heavy atom. The van der Waals surface area contributed by atoms with Gasteiger partial charge in [-0.1, -0.05) is 0 Å². The van der Waals surface area contributed by atoms with Crippen molar-refractivity contribution in [2.45, 2.75) is 48.5 Å². The van der Waals surface area contributed by atoms with E-state index < -0.39 is 24.3 Å². The van der Waals surface area contributed by atoms with E-state index in [1.165, 1.54) is 82.4 Å². The number of rotatable bonds is 8. The fourth-order valence-corrected chi connectivity index (χ4v) is 22.4. The predicted octanol–water partition coefficient (Wildman–Crippen LogP) is 1.93. The number of benzene rings is 6. The van der Waals surface area contributed by atoms with Crippen LogP contribution in [0.2, 0.25) is 0 Å². The van der Waals surface area contributed by atoms with Crippen LogP contribution in [-0.4, -0.2) is 5.94 Å². The van der Waals surface area contributed by atoms with Crippen molar-refractivity contribution in [1.29, 1.82) is 0 Å². The van der Waals surface area contributed by atoms with Crippen molar-refractivity contribution >= 4 is 21.5 Å². The van der Waals surface area contributed by atoms with Crippen molar-refractivity contribution < 1.29 is 55.6 Å². The maximum atomic E-state index is 2.51. The smallest absolute Gasteiger partial charge is 1.00 e. The third kappa shape index (κ3) is 8.04. The topological polar surface area (TPSA) is 0 Å². The zero-order valence-electron chi connectivity index (χ0n) is 31.6. The van der Waals surface area contributed by atoms with E-state index in [1.807, 2.05) is 0 Å². The van der Waals surface area contributed by atoms with E-state index >= 15 is 0 Å². The second kappa shape index (κ2) is 17.8. The summed E-state index contributed by atoms with van der Waals surface area (Å²) in [5, 5.41) is 4.58. The molecule has 1 unspecified atom stereocenters. The van der Waals surface area contributed by atoms with E-state index in [0.29, 0.717) is 5.92 Å². The first-order chi connectivity index (χ1) is 24.2. The summed E-state index contributed by atoms with van der Waals surface area (Å²) in [6, 6.07) is 55.8. The van der Waals surface area contributed by atoms with Gasteiger partial charge in [0.25, 0.3) is 0 Å². The molecule has 5 heteroatoms. The van der Waals surface area contributed by atoms with Crippen LogP contribution in [0.5, 0.6) is 0 Å². The second-order valence-electron chi connectivity index (χ2n) is 14.2. The first kappa shape index (κ1) is 42.3. The molecule has 0 radical (unpaired) electrons. The largest absolute Gasteiger partial charge is 1.00 e. The van der Waals surface area contributed by atoms with E-state index in [0.717, 1.165) is 0 Å². The normalized spacial score (nSPS) is 13.8. The van der Waals surface area contributed by atoms with Crippen molar-refractivity contribution in [2.75, 3.05) is 0 Å². The van der Waals surface area contributed by atoms with E-state index in [1.54, 1.807) is 3.88 Å². The monoisotopic (exact) mass is 803 g/mol. The average Bonchev–Trinajstić information content (AvgIpc) is 3.31. The van der Waals surface area contributed by atoms with Gasteiger partial charge in [0, 0.05) is 0 Å². The molecule has 0 fully saturated rings. The van der Waals surface area contributed by atoms with E-state index in [2.05, 4.69) is 194 Å². The van der Waals surface area contributed by atoms with Crippen LogP contribution in [0.25, 0.3) is 33.4 Å². The second-order valence-corrected chi connectivity index (χ2v) is 23.1. The Bertz CT molecular complexity index is 2090. The SMILES string of the molecule is CC1=C(C)C(C)[C]([Ti+3][Si](c2ccccc2-c2cccc(C)c2)(c2ccccc2-c2cccc(C)c2)c2ccccc2-c2cccc(C)c2)=C1C.[Cl-].[Cl-].[Cl-]. The fraction of sp³-hybridized carbons (Fsp3) is 0.167. The molecule has 0 saturated heterocycles. The van der Waals surface area contributed by atoms with Crippen molar-refractivity contribution in [1.82, 2.24) is 0 Å². The van der Waals surface area contributed by atoms with E-state index in [9.17, 15) is 0 Å². The molecular formula is C48H46Cl3SiTi. The van der Waals surface area contributed by atoms with Crippen LogP contribution in [0.3, 0.4) is 0 Å². The first-order valence-electron chi connectivity index (χ1n) is 17.9. The zero-order chi connectivity index (χ0) is 35.0. The molecule has 6 aromatic carbocycles. The van der Waals surface area contributed by atoms with Gasteiger partial charge in [-0.2, -0.15) is 0 Å². The molecule has 0 aromatic heterocycles. The molecule has 0 aliphatic heterocycles. The molecule has 0 N–H and O–H groups in total. The van der Waals surface area contributed by atoms with Crippen LogP contribution in [-0.2, 0) is 18.4 Å². The molecular weight excluding hydrogens is 759 g/mol. The van der Waals surface area contributed by atoms with Gasteiger partial charge in [-0.3, -0.25) is 0 Å². The Morgan fingerprint density at radius 3 is 1.06 bits per heavy atom. The van der Waals surface area contributed by atoms with Gasteiger partial charge in [0.1, 0.15) is 0 Å². The number of allylic oxidation sites excluding steroid dienone is 4. The molecule has 1 aliphatic carbocycles. The van der Waals surface area contributed by atoms with Crippen LogP contribution in [0.4, 0.5) is 0 Å². The van der Waals surface area contributed by atoms with Crippen molar-refractivity contribution in [3.8, 4) is 33.4 Å². The van der Waals surface area contributed by atoms with Crippen LogP contribution >= 0.6 is 0 Å². The molecule has 0 nitrogen and oxygen atoms in total. The van der Waals surface area contributed by atoms with Gasteiger partial charge in [-0.15, -0.1) is 0 Å². The summed E-state index contributed by atoms with van der Waals surface area (Å²) in [6.45, 7) is 16.3. The Balaban J connectivity index is 0.00000209. The molecule has 1 atom stereocenters. The standard InChI is InChI=1S/C39H33Si.C9H13.3ClH.Ti/c1-28-13-10-16-31(25-28)34-19-4-7-22-37(34)40(38-23-8-5-20-35(38)32-17-11-14-29(2)26-32)39-24-9-6-21-36(39)33-18-12-15-30(3)27-33;1-6-5-7(2)9(4)8(6)3;;;;/h4-27H,1-3H3;6H,1-4H3;3*1H;/q;;;;;+3/p-3. The summed E-state index contributed by atoms with van der Waals surface area (Å²) in [5.74, 6) is -2.38. The fourth-order valence-electron chi connectivity index (χ4n) is 8.03. The maximum Gasteiger partial charge on any atom is -1.00 e. The summed E-state index contributed by atoms with van der Waals surface area (Å²) < 4.78 is 1.71. The van der Waals surface area contributed by atoms with Crippen molar-refractivity contribution in [3.63, 3.8) is 0 Å². The summed E-state index contributed by atoms with van der Waals surface area (Å²) in [7, 11) is 0. The van der Waals surface area contributed by atoms with Gasteiger partial charge in [-0.25, -0.2) is 0 Å². The van der Waals surface area contributed by atoms with Crippen LogP contribution in [0.15, 0.2) is 166 Å². The maximum absolute atomic E-state index is 2.83. The van der Waals surface area contributed by atoms with Crippen molar-refractivity contribution in [2.24, 2.45) is 5.92 Å². The summed E-state index contributed by atoms with van der Waals surface area (Å²) >= 11 is -0.790. The minimum Gasteiger partial charge on any atom is -1.00 e. The van der Waals surface area contributed by atoms with Crippen LogP contribution in [0, 0.1) is 26.7 Å². The predicted molar refractivity (Wildman–Crippen MR) is 215 cm³/mol. The molecule has 1 aliphatic rings. The molecule has 0 spiro atoms. The minimum absolute atomic E-state index is 0. The van der Waals surface area contributed by atoms with Gasteiger partial charge in [-0.05, 0) is 0 Å². The summed E-state index contributed by atoms with van der Waals surface area (Å²) in [4.78, 5) is 0. The summed E-state index contributed by atoms with van der Waals surface area (Å²) in [6.07, 6.45) is 0. The number of hydrogen-bond donors (Lipinski definition) is 0. The molecule has 53 heavy (non-hydrogen) atoms. The Morgan fingerprint density at radius 1 is 0.415 bits per heavy atom. The zero-order valence-corrected chi connectivity index (χ0v) is 36.4. The van der Waals surface area contributed by atoms with E-state index in [-0.39, 0.29) is 37.2 Å². The third-order valence-corrected chi connectivity index (χ3v) is 23.4. The number of aryl methyl sites for hydroxylation is 3. The van der Waals surface area contributed by atoms with Gasteiger partial charge < -0.3 is 37.2 Å². The van der Waals surface area contributed by atoms with Crippen LogP contribution in [0.1, 0.15) is 44.4 Å². The number of halogens is 3. The molecule has 267 valence electrons. The molecule has 0 heterocycles. The van der Waals surface area contributed by atoms with Crippen molar-refractivity contribution in [3.05, 3.63) is 183 Å². The van der Waals surface area contributed by atoms with Gasteiger partial charge in [0.05, 0.1) is 0 Å². The van der Waals surface area contributed by atoms with Gasteiger partial charge in [0.2, 0.25) is 0 Å². The molecule has 7 rings (SSSR count). The first-order valence-corrected chi connectivity index (χ1v) is 23.0. The van der Waals surface area contributed by atoms with Crippen LogP contribution < -0.4 is 52.8 Å². The van der Waals surface area contributed by atoms with Gasteiger partial charge in [0.15, 0.2) is 0 Å². The minimum atomic E-state index is -2.83. The molecule has 0 amide bonds. The van der Waals surface area contributed by atoms with E-state index in [4.69, 9.17) is 0 Å². The molecule has 6 aromatic rings. The third-order valence-electron chi connectivity index (χ3n) is 10.9. The quantitative estimate of drug-likeness (QED) is 0.163. The summed E-state index contributed by atoms with van der Waals surface area (Å²) in [5.41, 5.74) is 16.5. The molecule has 0 bridgehead atoms. The Kier molecular flexibility index (Phi) is 14.2. The Hall–Kier alpha value is -3.40. The average molecular weight is 805 g/mol. The number of hydrogen-bond acceptors (Lipinski definition) is 0. The Labute approximate surface area is 345 Å². The van der Waals surface area contributed by atoms with Gasteiger partial charge >= 0.3 is 311 Å². The molecule has 0 saturated carbocycles.